The summed E-state index contributed by atoms with van der Waals surface area (Å²) in [5.41, 5.74) is 1.21. The number of benzene rings is 2. The van der Waals surface area contributed by atoms with Crippen LogP contribution in [0.4, 0.5) is 5.69 Å². The van der Waals surface area contributed by atoms with Gasteiger partial charge in [0, 0.05) is 5.56 Å². The van der Waals surface area contributed by atoms with E-state index in [1.807, 2.05) is 44.2 Å². The largest absolute Gasteiger partial charge is 0.490 e. The Kier molecular flexibility index (Phi) is 5.21. The Bertz CT molecular complexity index is 596. The maximum absolute atomic E-state index is 12.2. The van der Waals surface area contributed by atoms with Gasteiger partial charge >= 0.3 is 0 Å². The van der Waals surface area contributed by atoms with Gasteiger partial charge in [-0.25, -0.2) is 0 Å². The van der Waals surface area contributed by atoms with Crippen molar-refractivity contribution in [3.63, 3.8) is 0 Å². The Hall–Kier alpha value is -2.49. The summed E-state index contributed by atoms with van der Waals surface area (Å²) in [6, 6.07) is 14.5. The number of amides is 1. The quantitative estimate of drug-likeness (QED) is 0.879. The van der Waals surface area contributed by atoms with E-state index in [0.29, 0.717) is 36.0 Å². The highest BCUT2D eigenvalue weighted by Crippen LogP contribution is 2.35. The molecular weight excluding hydrogens is 266 g/mol. The van der Waals surface area contributed by atoms with Crippen LogP contribution in [0.25, 0.3) is 0 Å². The van der Waals surface area contributed by atoms with Crippen molar-refractivity contribution in [3.8, 4) is 11.5 Å². The number of hydrogen-bond donors (Lipinski definition) is 1. The van der Waals surface area contributed by atoms with Crippen LogP contribution >= 0.6 is 0 Å². The van der Waals surface area contributed by atoms with Crippen LogP contribution in [0.3, 0.4) is 0 Å². The molecule has 4 heteroatoms. The topological polar surface area (TPSA) is 47.6 Å². The molecule has 0 fully saturated rings. The molecule has 0 aromatic heterocycles. The molecule has 1 amide bonds. The minimum absolute atomic E-state index is 0.176. The predicted molar refractivity (Wildman–Crippen MR) is 83.2 cm³/mol. The van der Waals surface area contributed by atoms with E-state index >= 15 is 0 Å². The van der Waals surface area contributed by atoms with Crippen LogP contribution in [0.15, 0.2) is 48.5 Å². The molecule has 0 aliphatic rings. The first kappa shape index (κ1) is 14.9. The second-order valence-electron chi connectivity index (χ2n) is 4.32. The number of para-hydroxylation sites is 1. The highest BCUT2D eigenvalue weighted by Gasteiger charge is 2.14. The first-order valence-electron chi connectivity index (χ1n) is 7.01. The lowest BCUT2D eigenvalue weighted by molar-refractivity contribution is 0.102. The van der Waals surface area contributed by atoms with Crippen molar-refractivity contribution in [2.45, 2.75) is 13.8 Å². The lowest BCUT2D eigenvalue weighted by Gasteiger charge is -2.15. The third-order valence-corrected chi connectivity index (χ3v) is 2.85. The average molecular weight is 285 g/mol. The number of anilines is 1. The van der Waals surface area contributed by atoms with Crippen LogP contribution in [0.1, 0.15) is 24.2 Å². The van der Waals surface area contributed by atoms with Gasteiger partial charge < -0.3 is 14.8 Å². The first-order chi connectivity index (χ1) is 10.3. The Morgan fingerprint density at radius 1 is 0.952 bits per heavy atom. The van der Waals surface area contributed by atoms with Crippen molar-refractivity contribution >= 4 is 11.6 Å². The number of carbonyl (C=O) groups is 1. The molecule has 0 bridgehead atoms. The molecule has 0 aliphatic heterocycles. The smallest absolute Gasteiger partial charge is 0.255 e. The van der Waals surface area contributed by atoms with Gasteiger partial charge in [0.2, 0.25) is 0 Å². The van der Waals surface area contributed by atoms with Gasteiger partial charge in [-0.05, 0) is 38.1 Å². The van der Waals surface area contributed by atoms with Gasteiger partial charge in [0.05, 0.1) is 18.9 Å². The van der Waals surface area contributed by atoms with Gasteiger partial charge in [-0.3, -0.25) is 4.79 Å². The fourth-order valence-electron chi connectivity index (χ4n) is 1.96. The highest BCUT2D eigenvalue weighted by molar-refractivity contribution is 6.05. The van der Waals surface area contributed by atoms with E-state index in [2.05, 4.69) is 5.32 Å². The molecule has 2 rings (SSSR count). The monoisotopic (exact) mass is 285 g/mol. The third kappa shape index (κ3) is 3.75. The Balaban J connectivity index is 2.26. The molecule has 1 N–H and O–H groups in total. The summed E-state index contributed by atoms with van der Waals surface area (Å²) in [5.74, 6) is 1.02. The van der Waals surface area contributed by atoms with E-state index in [-0.39, 0.29) is 5.91 Å². The zero-order valence-electron chi connectivity index (χ0n) is 12.3. The highest BCUT2D eigenvalue weighted by atomic mass is 16.5. The maximum Gasteiger partial charge on any atom is 0.255 e. The van der Waals surface area contributed by atoms with Crippen molar-refractivity contribution in [2.75, 3.05) is 18.5 Å². The molecule has 0 saturated carbocycles. The second kappa shape index (κ2) is 7.33. The number of nitrogens with one attached hydrogen (secondary N) is 1. The van der Waals surface area contributed by atoms with E-state index in [1.165, 1.54) is 0 Å². The number of ether oxygens (including phenoxy) is 2. The maximum atomic E-state index is 12.2. The van der Waals surface area contributed by atoms with Crippen LogP contribution in [-0.2, 0) is 0 Å². The van der Waals surface area contributed by atoms with Crippen LogP contribution in [0.2, 0.25) is 0 Å². The normalized spacial score (nSPS) is 10.0. The molecule has 2 aromatic carbocycles. The summed E-state index contributed by atoms with van der Waals surface area (Å²) in [5, 5.41) is 2.87. The zero-order valence-corrected chi connectivity index (χ0v) is 12.3. The van der Waals surface area contributed by atoms with Crippen LogP contribution in [0, 0.1) is 0 Å². The Labute approximate surface area is 124 Å². The molecule has 0 heterocycles. The van der Waals surface area contributed by atoms with Gasteiger partial charge in [0.25, 0.3) is 5.91 Å². The zero-order chi connectivity index (χ0) is 15.1. The molecule has 21 heavy (non-hydrogen) atoms. The molecule has 4 nitrogen and oxygen atoms in total. The lowest BCUT2D eigenvalue weighted by Crippen LogP contribution is -2.13. The molecule has 0 spiro atoms. The van der Waals surface area contributed by atoms with Crippen molar-refractivity contribution in [1.29, 1.82) is 0 Å². The number of carbonyl (C=O) groups excluding carboxylic acids is 1. The molecule has 0 saturated heterocycles. The predicted octanol–water partition coefficient (Wildman–Crippen LogP) is 3.74. The average Bonchev–Trinajstić information content (AvgIpc) is 2.51. The van der Waals surface area contributed by atoms with Gasteiger partial charge in [0.15, 0.2) is 11.5 Å². The van der Waals surface area contributed by atoms with Gasteiger partial charge in [0.1, 0.15) is 0 Å². The molecule has 0 radical (unpaired) electrons. The van der Waals surface area contributed by atoms with Crippen molar-refractivity contribution in [3.05, 3.63) is 54.1 Å². The van der Waals surface area contributed by atoms with Crippen LogP contribution in [0.5, 0.6) is 11.5 Å². The summed E-state index contributed by atoms with van der Waals surface area (Å²) in [6.07, 6.45) is 0. The second-order valence-corrected chi connectivity index (χ2v) is 4.32. The van der Waals surface area contributed by atoms with Crippen molar-refractivity contribution in [1.82, 2.24) is 0 Å². The summed E-state index contributed by atoms with van der Waals surface area (Å²) in [4.78, 5) is 12.2. The SMILES string of the molecule is CCOc1cccc(NC(=O)c2ccccc2)c1OCC. The van der Waals surface area contributed by atoms with Crippen molar-refractivity contribution in [2.24, 2.45) is 0 Å². The number of rotatable bonds is 6. The van der Waals surface area contributed by atoms with E-state index < -0.39 is 0 Å². The molecule has 110 valence electrons. The minimum Gasteiger partial charge on any atom is -0.490 e. The Morgan fingerprint density at radius 2 is 1.67 bits per heavy atom. The summed E-state index contributed by atoms with van der Waals surface area (Å²) < 4.78 is 11.2. The van der Waals surface area contributed by atoms with Crippen molar-refractivity contribution < 1.29 is 14.3 Å². The fraction of sp³-hybridized carbons (Fsp3) is 0.235. The molecule has 0 atom stereocenters. The van der Waals surface area contributed by atoms with Gasteiger partial charge in [-0.2, -0.15) is 0 Å². The summed E-state index contributed by atoms with van der Waals surface area (Å²) >= 11 is 0. The van der Waals surface area contributed by atoms with E-state index in [9.17, 15) is 4.79 Å². The minimum atomic E-state index is -0.176. The molecule has 0 unspecified atom stereocenters. The summed E-state index contributed by atoms with van der Waals surface area (Å²) in [7, 11) is 0. The standard InChI is InChI=1S/C17H19NO3/c1-3-20-15-12-8-11-14(16(15)21-4-2)18-17(19)13-9-6-5-7-10-13/h5-12H,3-4H2,1-2H3,(H,18,19). The fourth-order valence-corrected chi connectivity index (χ4v) is 1.96. The van der Waals surface area contributed by atoms with Crippen LogP contribution in [-0.4, -0.2) is 19.1 Å². The van der Waals surface area contributed by atoms with E-state index in [4.69, 9.17) is 9.47 Å². The number of hydrogen-bond acceptors (Lipinski definition) is 3. The Morgan fingerprint density at radius 3 is 2.33 bits per heavy atom. The first-order valence-corrected chi connectivity index (χ1v) is 7.01. The van der Waals surface area contributed by atoms with E-state index in [1.54, 1.807) is 18.2 Å². The molecule has 0 aliphatic carbocycles. The third-order valence-electron chi connectivity index (χ3n) is 2.85. The van der Waals surface area contributed by atoms with Crippen LogP contribution < -0.4 is 14.8 Å². The summed E-state index contributed by atoms with van der Waals surface area (Å²) in [6.45, 7) is 4.84. The van der Waals surface area contributed by atoms with Gasteiger partial charge in [-0.15, -0.1) is 0 Å². The molecular formula is C17H19NO3. The van der Waals surface area contributed by atoms with E-state index in [0.717, 1.165) is 0 Å². The van der Waals surface area contributed by atoms with Gasteiger partial charge in [-0.1, -0.05) is 24.3 Å². The lowest BCUT2D eigenvalue weighted by atomic mass is 10.2. The molecule has 2 aromatic rings.